The molecule has 0 atom stereocenters. The first kappa shape index (κ1) is 24.0. The van der Waals surface area contributed by atoms with E-state index in [2.05, 4.69) is 15.6 Å². The molecule has 4 rings (SSSR count). The Labute approximate surface area is 207 Å². The van der Waals surface area contributed by atoms with Gasteiger partial charge in [0.05, 0.1) is 23.8 Å². The lowest BCUT2D eigenvalue weighted by Crippen LogP contribution is -2.51. The van der Waals surface area contributed by atoms with E-state index in [1.807, 2.05) is 53.4 Å². The SMILES string of the molecule is O=C(CN1CCN(C(=O)c2csc(Nc3ccccc3Cl)n2)CC1)NCCOc1ccccc1. The molecule has 2 aromatic carbocycles. The van der Waals surface area contributed by atoms with Crippen LogP contribution in [0.3, 0.4) is 0 Å². The van der Waals surface area contributed by atoms with Crippen LogP contribution >= 0.6 is 22.9 Å². The quantitative estimate of drug-likeness (QED) is 0.438. The van der Waals surface area contributed by atoms with Gasteiger partial charge in [-0.2, -0.15) is 0 Å². The smallest absolute Gasteiger partial charge is 0.273 e. The molecule has 0 radical (unpaired) electrons. The molecule has 1 fully saturated rings. The van der Waals surface area contributed by atoms with Crippen LogP contribution in [0.5, 0.6) is 5.75 Å². The number of carbonyl (C=O) groups excluding carboxylic acids is 2. The molecule has 0 bridgehead atoms. The molecule has 2 amide bonds. The molecule has 1 aliphatic rings. The molecule has 1 saturated heterocycles. The first-order valence-corrected chi connectivity index (χ1v) is 12.3. The zero-order chi connectivity index (χ0) is 23.8. The van der Waals surface area contributed by atoms with Crippen LogP contribution in [0.1, 0.15) is 10.5 Å². The topological polar surface area (TPSA) is 86.8 Å². The molecular formula is C24H26ClN5O3S. The van der Waals surface area contributed by atoms with Crippen molar-refractivity contribution in [3.8, 4) is 5.75 Å². The highest BCUT2D eigenvalue weighted by Gasteiger charge is 2.25. The summed E-state index contributed by atoms with van der Waals surface area (Å²) in [5.41, 5.74) is 1.15. The van der Waals surface area contributed by atoms with Crippen LogP contribution in [0, 0.1) is 0 Å². The van der Waals surface area contributed by atoms with Gasteiger partial charge in [-0.25, -0.2) is 4.98 Å². The van der Waals surface area contributed by atoms with Crippen LogP contribution in [-0.2, 0) is 4.79 Å². The number of hydrogen-bond donors (Lipinski definition) is 2. The van der Waals surface area contributed by atoms with E-state index in [-0.39, 0.29) is 11.8 Å². The summed E-state index contributed by atoms with van der Waals surface area (Å²) in [6.07, 6.45) is 0. The molecule has 0 aliphatic carbocycles. The summed E-state index contributed by atoms with van der Waals surface area (Å²) in [7, 11) is 0. The molecule has 0 unspecified atom stereocenters. The Hall–Kier alpha value is -3.14. The fourth-order valence-corrected chi connectivity index (χ4v) is 4.39. The van der Waals surface area contributed by atoms with E-state index in [1.54, 1.807) is 16.3 Å². The van der Waals surface area contributed by atoms with Gasteiger partial charge in [0.25, 0.3) is 5.91 Å². The lowest BCUT2D eigenvalue weighted by molar-refractivity contribution is -0.122. The average molecular weight is 500 g/mol. The highest BCUT2D eigenvalue weighted by molar-refractivity contribution is 7.14. The highest BCUT2D eigenvalue weighted by atomic mass is 35.5. The van der Waals surface area contributed by atoms with Crippen molar-refractivity contribution < 1.29 is 14.3 Å². The first-order chi connectivity index (χ1) is 16.6. The van der Waals surface area contributed by atoms with Gasteiger partial charge in [-0.1, -0.05) is 41.9 Å². The number of thiazole rings is 1. The Morgan fingerprint density at radius 1 is 1.03 bits per heavy atom. The molecule has 0 saturated carbocycles. The van der Waals surface area contributed by atoms with Crippen molar-refractivity contribution in [3.05, 3.63) is 70.7 Å². The van der Waals surface area contributed by atoms with Crippen LogP contribution < -0.4 is 15.4 Å². The minimum atomic E-state index is -0.106. The number of rotatable bonds is 9. The van der Waals surface area contributed by atoms with Crippen molar-refractivity contribution in [3.63, 3.8) is 0 Å². The second kappa shape index (κ2) is 11.8. The minimum absolute atomic E-state index is 0.0498. The molecule has 8 nitrogen and oxygen atoms in total. The van der Waals surface area contributed by atoms with Crippen molar-refractivity contribution in [1.82, 2.24) is 20.1 Å². The number of para-hydroxylation sites is 2. The standard InChI is InChI=1S/C24H26ClN5O3S/c25-19-8-4-5-9-20(19)27-24-28-21(17-34-24)23(32)30-13-11-29(12-14-30)16-22(31)26-10-15-33-18-6-2-1-3-7-18/h1-9,17H,10-16H2,(H,26,31)(H,27,28). The molecule has 34 heavy (non-hydrogen) atoms. The first-order valence-electron chi connectivity index (χ1n) is 11.0. The summed E-state index contributed by atoms with van der Waals surface area (Å²) in [5.74, 6) is 0.626. The van der Waals surface area contributed by atoms with E-state index < -0.39 is 0 Å². The minimum Gasteiger partial charge on any atom is -0.492 e. The maximum absolute atomic E-state index is 12.9. The molecule has 10 heteroatoms. The third kappa shape index (κ3) is 6.69. The van der Waals surface area contributed by atoms with Gasteiger partial charge < -0.3 is 20.3 Å². The Balaban J connectivity index is 1.17. The molecule has 1 aromatic heterocycles. The number of nitrogens with zero attached hydrogens (tertiary/aromatic N) is 3. The van der Waals surface area contributed by atoms with Crippen molar-refractivity contribution in [2.45, 2.75) is 0 Å². The van der Waals surface area contributed by atoms with Gasteiger partial charge in [0.15, 0.2) is 5.13 Å². The number of ether oxygens (including phenoxy) is 1. The lowest BCUT2D eigenvalue weighted by Gasteiger charge is -2.33. The highest BCUT2D eigenvalue weighted by Crippen LogP contribution is 2.27. The van der Waals surface area contributed by atoms with Gasteiger partial charge in [0.1, 0.15) is 18.1 Å². The summed E-state index contributed by atoms with van der Waals surface area (Å²) in [5, 5.41) is 8.98. The number of hydrogen-bond acceptors (Lipinski definition) is 7. The van der Waals surface area contributed by atoms with E-state index in [1.165, 1.54) is 11.3 Å². The molecule has 2 heterocycles. The zero-order valence-electron chi connectivity index (χ0n) is 18.6. The van der Waals surface area contributed by atoms with Gasteiger partial charge in [-0.05, 0) is 24.3 Å². The number of carbonyl (C=O) groups is 2. The molecule has 1 aliphatic heterocycles. The second-order valence-electron chi connectivity index (χ2n) is 7.72. The molecule has 178 valence electrons. The van der Waals surface area contributed by atoms with Crippen LogP contribution in [-0.4, -0.2) is 72.5 Å². The van der Waals surface area contributed by atoms with Crippen molar-refractivity contribution in [2.24, 2.45) is 0 Å². The van der Waals surface area contributed by atoms with Gasteiger partial charge in [0.2, 0.25) is 5.91 Å². The van der Waals surface area contributed by atoms with Crippen molar-refractivity contribution >= 4 is 45.6 Å². The average Bonchev–Trinajstić information content (AvgIpc) is 3.32. The fraction of sp³-hybridized carbons (Fsp3) is 0.292. The third-order valence-corrected chi connectivity index (χ3v) is 6.39. The van der Waals surface area contributed by atoms with Gasteiger partial charge >= 0.3 is 0 Å². The molecule has 2 N–H and O–H groups in total. The summed E-state index contributed by atoms with van der Waals surface area (Å²) >= 11 is 7.54. The number of amides is 2. The number of piperazine rings is 1. The van der Waals surface area contributed by atoms with E-state index in [4.69, 9.17) is 16.3 Å². The molecule has 0 spiro atoms. The van der Waals surface area contributed by atoms with E-state index in [9.17, 15) is 9.59 Å². The molecular weight excluding hydrogens is 474 g/mol. The Kier molecular flexibility index (Phi) is 8.35. The number of anilines is 2. The number of aromatic nitrogens is 1. The van der Waals surface area contributed by atoms with E-state index in [0.717, 1.165) is 11.4 Å². The second-order valence-corrected chi connectivity index (χ2v) is 8.99. The van der Waals surface area contributed by atoms with Crippen LogP contribution in [0.2, 0.25) is 5.02 Å². The Morgan fingerprint density at radius 3 is 2.53 bits per heavy atom. The fourth-order valence-electron chi connectivity index (χ4n) is 3.51. The summed E-state index contributed by atoms with van der Waals surface area (Å²) < 4.78 is 5.58. The Morgan fingerprint density at radius 2 is 1.76 bits per heavy atom. The number of halogens is 1. The van der Waals surface area contributed by atoms with Gasteiger partial charge in [0, 0.05) is 31.6 Å². The predicted octanol–water partition coefficient (Wildman–Crippen LogP) is 3.49. The largest absolute Gasteiger partial charge is 0.492 e. The normalized spacial score (nSPS) is 14.0. The van der Waals surface area contributed by atoms with Crippen LogP contribution in [0.15, 0.2) is 60.0 Å². The predicted molar refractivity (Wildman–Crippen MR) is 134 cm³/mol. The molecule has 3 aromatic rings. The third-order valence-electron chi connectivity index (χ3n) is 5.30. The lowest BCUT2D eigenvalue weighted by atomic mass is 10.3. The van der Waals surface area contributed by atoms with Crippen molar-refractivity contribution in [1.29, 1.82) is 0 Å². The number of nitrogens with one attached hydrogen (secondary N) is 2. The summed E-state index contributed by atoms with van der Waals surface area (Å²) in [6, 6.07) is 16.9. The van der Waals surface area contributed by atoms with E-state index >= 15 is 0 Å². The van der Waals surface area contributed by atoms with Gasteiger partial charge in [-0.3, -0.25) is 14.5 Å². The maximum atomic E-state index is 12.9. The Bertz CT molecular complexity index is 1100. The van der Waals surface area contributed by atoms with Gasteiger partial charge in [-0.15, -0.1) is 11.3 Å². The summed E-state index contributed by atoms with van der Waals surface area (Å²) in [4.78, 5) is 33.3. The number of benzene rings is 2. The summed E-state index contributed by atoms with van der Waals surface area (Å²) in [6.45, 7) is 3.53. The van der Waals surface area contributed by atoms with Crippen molar-refractivity contribution in [2.75, 3.05) is 51.2 Å². The van der Waals surface area contributed by atoms with Crippen LogP contribution in [0.25, 0.3) is 0 Å². The monoisotopic (exact) mass is 499 g/mol. The van der Waals surface area contributed by atoms with E-state index in [0.29, 0.717) is 61.7 Å². The zero-order valence-corrected chi connectivity index (χ0v) is 20.1. The van der Waals surface area contributed by atoms with Crippen LogP contribution in [0.4, 0.5) is 10.8 Å². The maximum Gasteiger partial charge on any atom is 0.273 e.